The van der Waals surface area contributed by atoms with E-state index in [0.717, 1.165) is 17.7 Å². The Labute approximate surface area is 121 Å². The molecule has 2 rings (SSSR count). The molecule has 1 aliphatic rings. The molecule has 0 saturated carbocycles. The number of benzene rings is 1. The monoisotopic (exact) mass is 273 g/mol. The Morgan fingerprint density at radius 2 is 2.05 bits per heavy atom. The number of ether oxygens (including phenoxy) is 1. The van der Waals surface area contributed by atoms with Crippen molar-refractivity contribution in [2.24, 2.45) is 10.9 Å². The van der Waals surface area contributed by atoms with Gasteiger partial charge in [-0.15, -0.1) is 0 Å². The first kappa shape index (κ1) is 14.8. The second-order valence-corrected chi connectivity index (χ2v) is 5.86. The molecule has 3 nitrogen and oxygen atoms in total. The van der Waals surface area contributed by atoms with Gasteiger partial charge in [0.15, 0.2) is 0 Å². The summed E-state index contributed by atoms with van der Waals surface area (Å²) in [5, 5.41) is 0. The Morgan fingerprint density at radius 1 is 1.35 bits per heavy atom. The van der Waals surface area contributed by atoms with Crippen LogP contribution >= 0.6 is 0 Å². The van der Waals surface area contributed by atoms with Crippen LogP contribution in [-0.4, -0.2) is 23.8 Å². The van der Waals surface area contributed by atoms with Crippen LogP contribution < -0.4 is 0 Å². The number of aliphatic imine (C=N–C) groups is 1. The zero-order valence-corrected chi connectivity index (χ0v) is 12.8. The predicted octanol–water partition coefficient (Wildman–Crippen LogP) is 3.40. The lowest BCUT2D eigenvalue weighted by Crippen LogP contribution is -2.35. The van der Waals surface area contributed by atoms with Crippen LogP contribution in [0, 0.1) is 5.92 Å². The molecule has 20 heavy (non-hydrogen) atoms. The molecular formula is C17H23NO2. The Bertz CT molecular complexity index is 532. The SMILES string of the molecule is CCOC(=O)[C@H](CC)C1=NC(C)(C)Cc2ccccc21. The van der Waals surface area contributed by atoms with Crippen LogP contribution in [0.15, 0.2) is 29.3 Å². The van der Waals surface area contributed by atoms with Gasteiger partial charge >= 0.3 is 5.97 Å². The lowest BCUT2D eigenvalue weighted by atomic mass is 9.82. The van der Waals surface area contributed by atoms with Gasteiger partial charge in [0.05, 0.1) is 23.8 Å². The molecule has 0 aromatic heterocycles. The highest BCUT2D eigenvalue weighted by Crippen LogP contribution is 2.30. The van der Waals surface area contributed by atoms with Gasteiger partial charge in [-0.3, -0.25) is 9.79 Å². The molecule has 0 bridgehead atoms. The van der Waals surface area contributed by atoms with E-state index in [1.165, 1.54) is 5.56 Å². The quantitative estimate of drug-likeness (QED) is 0.789. The summed E-state index contributed by atoms with van der Waals surface area (Å²) in [4.78, 5) is 17.0. The van der Waals surface area contributed by atoms with E-state index >= 15 is 0 Å². The highest BCUT2D eigenvalue weighted by atomic mass is 16.5. The van der Waals surface area contributed by atoms with Crippen molar-refractivity contribution >= 4 is 11.7 Å². The van der Waals surface area contributed by atoms with Gasteiger partial charge in [-0.2, -0.15) is 0 Å². The third kappa shape index (κ3) is 2.92. The first-order chi connectivity index (χ1) is 9.48. The molecule has 1 aliphatic heterocycles. The van der Waals surface area contributed by atoms with Crippen molar-refractivity contribution in [3.8, 4) is 0 Å². The molecule has 108 valence electrons. The maximum Gasteiger partial charge on any atom is 0.315 e. The van der Waals surface area contributed by atoms with Crippen LogP contribution in [0.25, 0.3) is 0 Å². The van der Waals surface area contributed by atoms with Crippen LogP contribution in [-0.2, 0) is 16.0 Å². The molecule has 1 heterocycles. The summed E-state index contributed by atoms with van der Waals surface area (Å²) in [6.07, 6.45) is 1.62. The number of hydrogen-bond acceptors (Lipinski definition) is 3. The molecule has 0 saturated heterocycles. The fraction of sp³-hybridized carbons (Fsp3) is 0.529. The molecule has 0 amide bonds. The number of fused-ring (bicyclic) bond motifs is 1. The molecule has 0 N–H and O–H groups in total. The maximum absolute atomic E-state index is 12.2. The molecule has 3 heteroatoms. The Balaban J connectivity index is 2.46. The molecule has 0 unspecified atom stereocenters. The molecule has 0 spiro atoms. The van der Waals surface area contributed by atoms with E-state index in [4.69, 9.17) is 9.73 Å². The van der Waals surface area contributed by atoms with Crippen molar-refractivity contribution in [1.29, 1.82) is 0 Å². The number of nitrogens with zero attached hydrogens (tertiary/aromatic N) is 1. The van der Waals surface area contributed by atoms with E-state index in [9.17, 15) is 4.79 Å². The highest BCUT2D eigenvalue weighted by Gasteiger charge is 2.33. The van der Waals surface area contributed by atoms with Crippen LogP contribution in [0.2, 0.25) is 0 Å². The van der Waals surface area contributed by atoms with Crippen LogP contribution in [0.3, 0.4) is 0 Å². The number of carbonyl (C=O) groups excluding carboxylic acids is 1. The summed E-state index contributed by atoms with van der Waals surface area (Å²) in [7, 11) is 0. The molecular weight excluding hydrogens is 250 g/mol. The van der Waals surface area contributed by atoms with Gasteiger partial charge in [0, 0.05) is 0 Å². The number of carbonyl (C=O) groups is 1. The third-order valence-corrected chi connectivity index (χ3v) is 3.65. The van der Waals surface area contributed by atoms with Gasteiger partial charge in [-0.25, -0.2) is 0 Å². The van der Waals surface area contributed by atoms with Gasteiger partial charge in [0.1, 0.15) is 0 Å². The largest absolute Gasteiger partial charge is 0.465 e. The topological polar surface area (TPSA) is 38.7 Å². The Kier molecular flexibility index (Phi) is 4.26. The smallest absolute Gasteiger partial charge is 0.315 e. The van der Waals surface area contributed by atoms with Crippen molar-refractivity contribution < 1.29 is 9.53 Å². The minimum Gasteiger partial charge on any atom is -0.465 e. The first-order valence-corrected chi connectivity index (χ1v) is 7.33. The van der Waals surface area contributed by atoms with E-state index in [1.54, 1.807) is 0 Å². The molecule has 0 aliphatic carbocycles. The lowest BCUT2D eigenvalue weighted by molar-refractivity contribution is -0.145. The van der Waals surface area contributed by atoms with Crippen molar-refractivity contribution in [1.82, 2.24) is 0 Å². The molecule has 0 radical (unpaired) electrons. The maximum atomic E-state index is 12.2. The standard InChI is InChI=1S/C17H23NO2/c1-5-13(16(19)20-6-2)15-14-10-8-7-9-12(14)11-17(3,4)18-15/h7-10,13H,5-6,11H2,1-4H3/t13-/m1/s1. The molecule has 1 atom stereocenters. The average Bonchev–Trinajstić information content (AvgIpc) is 2.38. The van der Waals surface area contributed by atoms with E-state index in [2.05, 4.69) is 26.0 Å². The summed E-state index contributed by atoms with van der Waals surface area (Å²) in [5.41, 5.74) is 3.10. The number of esters is 1. The first-order valence-electron chi connectivity index (χ1n) is 7.33. The van der Waals surface area contributed by atoms with Crippen LogP contribution in [0.1, 0.15) is 45.2 Å². The van der Waals surface area contributed by atoms with E-state index in [1.807, 2.05) is 26.0 Å². The van der Waals surface area contributed by atoms with Crippen molar-refractivity contribution in [2.75, 3.05) is 6.61 Å². The van der Waals surface area contributed by atoms with Gasteiger partial charge in [-0.05, 0) is 44.7 Å². The fourth-order valence-electron chi connectivity index (χ4n) is 2.80. The Morgan fingerprint density at radius 3 is 2.70 bits per heavy atom. The summed E-state index contributed by atoms with van der Waals surface area (Å²) < 4.78 is 5.21. The number of rotatable bonds is 4. The number of hydrogen-bond donors (Lipinski definition) is 0. The van der Waals surface area contributed by atoms with E-state index in [-0.39, 0.29) is 17.4 Å². The van der Waals surface area contributed by atoms with Crippen molar-refractivity contribution in [3.63, 3.8) is 0 Å². The lowest BCUT2D eigenvalue weighted by Gasteiger charge is -2.31. The van der Waals surface area contributed by atoms with Crippen molar-refractivity contribution in [2.45, 2.75) is 46.1 Å². The van der Waals surface area contributed by atoms with Gasteiger partial charge in [0.2, 0.25) is 0 Å². The summed E-state index contributed by atoms with van der Waals surface area (Å²) in [5.74, 6) is -0.433. The Hall–Kier alpha value is -1.64. The predicted molar refractivity (Wildman–Crippen MR) is 81.2 cm³/mol. The molecule has 0 fully saturated rings. The zero-order chi connectivity index (χ0) is 14.8. The minimum atomic E-state index is -0.268. The minimum absolute atomic E-state index is 0.163. The van der Waals surface area contributed by atoms with E-state index in [0.29, 0.717) is 13.0 Å². The summed E-state index contributed by atoms with van der Waals surface area (Å²) in [6, 6.07) is 8.24. The fourth-order valence-corrected chi connectivity index (χ4v) is 2.80. The second-order valence-electron chi connectivity index (χ2n) is 5.86. The van der Waals surface area contributed by atoms with Gasteiger partial charge < -0.3 is 4.74 Å². The van der Waals surface area contributed by atoms with Crippen molar-refractivity contribution in [3.05, 3.63) is 35.4 Å². The third-order valence-electron chi connectivity index (χ3n) is 3.65. The van der Waals surface area contributed by atoms with Crippen LogP contribution in [0.5, 0.6) is 0 Å². The normalized spacial score (nSPS) is 17.9. The van der Waals surface area contributed by atoms with E-state index < -0.39 is 0 Å². The molecule has 1 aromatic rings. The summed E-state index contributed by atoms with van der Waals surface area (Å²) in [6.45, 7) is 8.48. The van der Waals surface area contributed by atoms with Gasteiger partial charge in [-0.1, -0.05) is 31.2 Å². The van der Waals surface area contributed by atoms with Crippen LogP contribution in [0.4, 0.5) is 0 Å². The zero-order valence-electron chi connectivity index (χ0n) is 12.8. The highest BCUT2D eigenvalue weighted by molar-refractivity contribution is 6.13. The van der Waals surface area contributed by atoms with Gasteiger partial charge in [0.25, 0.3) is 0 Å². The molecule has 1 aromatic carbocycles. The summed E-state index contributed by atoms with van der Waals surface area (Å²) >= 11 is 0. The average molecular weight is 273 g/mol. The second kappa shape index (κ2) is 5.78.